The van der Waals surface area contributed by atoms with Crippen molar-refractivity contribution in [2.45, 2.75) is 65.7 Å². The van der Waals surface area contributed by atoms with E-state index in [0.717, 1.165) is 24.0 Å². The highest BCUT2D eigenvalue weighted by atomic mass is 35.5. The maximum absolute atomic E-state index is 12.0. The van der Waals surface area contributed by atoms with Gasteiger partial charge in [-0.1, -0.05) is 88.4 Å². The van der Waals surface area contributed by atoms with Crippen LogP contribution in [0, 0.1) is 5.92 Å². The number of benzene rings is 2. The number of hydrogen-bond acceptors (Lipinski definition) is 2. The van der Waals surface area contributed by atoms with Crippen LogP contribution in [-0.2, 0) is 11.2 Å². The van der Waals surface area contributed by atoms with Crippen LogP contribution in [0.25, 0.3) is 11.1 Å². The first-order valence-corrected chi connectivity index (χ1v) is 10.5. The first-order valence-electron chi connectivity index (χ1n) is 10.2. The van der Waals surface area contributed by atoms with Crippen molar-refractivity contribution in [3.63, 3.8) is 0 Å². The second kappa shape index (κ2) is 11.1. The number of halogens is 1. The van der Waals surface area contributed by atoms with Gasteiger partial charge in [0.05, 0.1) is 10.9 Å². The lowest BCUT2D eigenvalue weighted by molar-refractivity contribution is -0.138. The number of carbonyl (C=O) groups excluding carboxylic acids is 1. The molecule has 0 N–H and O–H groups in total. The Kier molecular flexibility index (Phi) is 8.87. The van der Waals surface area contributed by atoms with Crippen molar-refractivity contribution in [3.05, 3.63) is 53.1 Å². The normalized spacial score (nSPS) is 12.0. The van der Waals surface area contributed by atoms with E-state index in [9.17, 15) is 4.79 Å². The molecule has 3 heteroatoms. The van der Waals surface area contributed by atoms with Crippen molar-refractivity contribution in [2.75, 3.05) is 0 Å². The van der Waals surface area contributed by atoms with Gasteiger partial charge in [-0.25, -0.2) is 0 Å². The Morgan fingerprint density at radius 2 is 1.63 bits per heavy atom. The number of hydrogen-bond donors (Lipinski definition) is 0. The molecule has 1 atom stereocenters. The van der Waals surface area contributed by atoms with E-state index < -0.39 is 0 Å². The van der Waals surface area contributed by atoms with Gasteiger partial charge in [0.2, 0.25) is 0 Å². The van der Waals surface area contributed by atoms with E-state index in [0.29, 0.717) is 10.8 Å². The third-order valence-corrected chi connectivity index (χ3v) is 5.31. The number of carbonyl (C=O) groups is 1. The van der Waals surface area contributed by atoms with E-state index in [2.05, 4.69) is 31.2 Å². The van der Waals surface area contributed by atoms with Gasteiger partial charge >= 0.3 is 5.97 Å². The average Bonchev–Trinajstić information content (AvgIpc) is 2.69. The van der Waals surface area contributed by atoms with Crippen molar-refractivity contribution in [1.29, 1.82) is 0 Å². The molecule has 0 saturated heterocycles. The minimum atomic E-state index is -0.240. The van der Waals surface area contributed by atoms with E-state index in [1.165, 1.54) is 37.7 Å². The fourth-order valence-electron chi connectivity index (χ4n) is 2.94. The zero-order valence-electron chi connectivity index (χ0n) is 16.8. The molecule has 2 rings (SSSR count). The van der Waals surface area contributed by atoms with Gasteiger partial charge in [-0.3, -0.25) is 4.79 Å². The largest absolute Gasteiger partial charge is 0.425 e. The molecular formula is C24H31ClO2. The highest BCUT2D eigenvalue weighted by molar-refractivity contribution is 6.32. The molecular weight excluding hydrogens is 356 g/mol. The van der Waals surface area contributed by atoms with Crippen LogP contribution >= 0.6 is 11.6 Å². The summed E-state index contributed by atoms with van der Waals surface area (Å²) in [5.74, 6) is 0.0557. The molecule has 0 aliphatic carbocycles. The summed E-state index contributed by atoms with van der Waals surface area (Å²) in [6, 6.07) is 14.3. The summed E-state index contributed by atoms with van der Waals surface area (Å²) in [5.41, 5.74) is 3.52. The van der Waals surface area contributed by atoms with Crippen LogP contribution in [0.3, 0.4) is 0 Å². The second-order valence-corrected chi connectivity index (χ2v) is 7.64. The van der Waals surface area contributed by atoms with Gasteiger partial charge in [0.25, 0.3) is 0 Å². The third-order valence-electron chi connectivity index (χ3n) is 5.01. The zero-order chi connectivity index (χ0) is 19.6. The summed E-state index contributed by atoms with van der Waals surface area (Å²) >= 11 is 6.34. The SMILES string of the molecule is CCCCCCCc1ccc(-c2ccc(OC(=O)C(C)CC)c(Cl)c2)cc1. The minimum absolute atomic E-state index is 0.129. The first kappa shape index (κ1) is 21.5. The lowest BCUT2D eigenvalue weighted by Crippen LogP contribution is -2.17. The first-order chi connectivity index (χ1) is 13.0. The molecule has 0 amide bonds. The molecule has 0 fully saturated rings. The van der Waals surface area contributed by atoms with Crippen LogP contribution in [0.5, 0.6) is 5.75 Å². The van der Waals surface area contributed by atoms with Crippen LogP contribution in [-0.4, -0.2) is 5.97 Å². The molecule has 2 nitrogen and oxygen atoms in total. The minimum Gasteiger partial charge on any atom is -0.425 e. The Bertz CT molecular complexity index is 722. The van der Waals surface area contributed by atoms with E-state index in [-0.39, 0.29) is 11.9 Å². The number of ether oxygens (including phenoxy) is 1. The lowest BCUT2D eigenvalue weighted by Gasteiger charge is -2.11. The number of esters is 1. The summed E-state index contributed by atoms with van der Waals surface area (Å²) in [7, 11) is 0. The molecule has 0 spiro atoms. The Morgan fingerprint density at radius 1 is 0.963 bits per heavy atom. The maximum Gasteiger partial charge on any atom is 0.314 e. The van der Waals surface area contributed by atoms with Gasteiger partial charge in [-0.05, 0) is 48.1 Å². The summed E-state index contributed by atoms with van der Waals surface area (Å²) < 4.78 is 5.41. The topological polar surface area (TPSA) is 26.3 Å². The Morgan fingerprint density at radius 3 is 2.26 bits per heavy atom. The molecule has 0 heterocycles. The van der Waals surface area contributed by atoms with Crippen LogP contribution in [0.1, 0.15) is 64.9 Å². The monoisotopic (exact) mass is 386 g/mol. The lowest BCUT2D eigenvalue weighted by atomic mass is 10.0. The molecule has 0 aliphatic rings. The molecule has 146 valence electrons. The van der Waals surface area contributed by atoms with E-state index in [1.54, 1.807) is 6.07 Å². The quantitative estimate of drug-likeness (QED) is 0.240. The van der Waals surface area contributed by atoms with E-state index in [4.69, 9.17) is 16.3 Å². The van der Waals surface area contributed by atoms with Crippen LogP contribution in [0.2, 0.25) is 5.02 Å². The van der Waals surface area contributed by atoms with Gasteiger partial charge in [0.15, 0.2) is 0 Å². The maximum atomic E-state index is 12.0. The van der Waals surface area contributed by atoms with Crippen LogP contribution in [0.4, 0.5) is 0 Å². The molecule has 0 aromatic heterocycles. The van der Waals surface area contributed by atoms with Crippen LogP contribution in [0.15, 0.2) is 42.5 Å². The number of rotatable bonds is 10. The highest BCUT2D eigenvalue weighted by Crippen LogP contribution is 2.31. The van der Waals surface area contributed by atoms with Crippen molar-refractivity contribution in [2.24, 2.45) is 5.92 Å². The Hall–Kier alpha value is -1.80. The van der Waals surface area contributed by atoms with E-state index in [1.807, 2.05) is 26.0 Å². The van der Waals surface area contributed by atoms with Crippen molar-refractivity contribution in [1.82, 2.24) is 0 Å². The van der Waals surface area contributed by atoms with Gasteiger partial charge in [0.1, 0.15) is 5.75 Å². The van der Waals surface area contributed by atoms with Gasteiger partial charge < -0.3 is 4.74 Å². The van der Waals surface area contributed by atoms with Crippen molar-refractivity contribution >= 4 is 17.6 Å². The average molecular weight is 387 g/mol. The Labute approximate surface area is 168 Å². The second-order valence-electron chi connectivity index (χ2n) is 7.24. The van der Waals surface area contributed by atoms with Crippen LogP contribution < -0.4 is 4.74 Å². The highest BCUT2D eigenvalue weighted by Gasteiger charge is 2.15. The van der Waals surface area contributed by atoms with Gasteiger partial charge in [-0.15, -0.1) is 0 Å². The molecule has 0 aliphatic heterocycles. The Balaban J connectivity index is 1.97. The molecule has 2 aromatic rings. The van der Waals surface area contributed by atoms with Gasteiger partial charge in [-0.2, -0.15) is 0 Å². The standard InChI is InChI=1S/C24H31ClO2/c1-4-6-7-8-9-10-19-11-13-20(14-12-19)21-15-16-23(22(25)17-21)27-24(26)18(3)5-2/h11-18H,4-10H2,1-3H3. The van der Waals surface area contributed by atoms with Crippen molar-refractivity contribution < 1.29 is 9.53 Å². The molecule has 0 saturated carbocycles. The van der Waals surface area contributed by atoms with E-state index >= 15 is 0 Å². The summed E-state index contributed by atoms with van der Waals surface area (Å²) in [4.78, 5) is 12.0. The summed E-state index contributed by atoms with van der Waals surface area (Å²) in [5, 5.41) is 0.462. The smallest absolute Gasteiger partial charge is 0.314 e. The summed E-state index contributed by atoms with van der Waals surface area (Å²) in [6.45, 7) is 6.06. The predicted octanol–water partition coefficient (Wildman–Crippen LogP) is 7.47. The zero-order valence-corrected chi connectivity index (χ0v) is 17.5. The van der Waals surface area contributed by atoms with Gasteiger partial charge in [0, 0.05) is 0 Å². The fraction of sp³-hybridized carbons (Fsp3) is 0.458. The third kappa shape index (κ3) is 6.70. The van der Waals surface area contributed by atoms with Crippen molar-refractivity contribution in [3.8, 4) is 16.9 Å². The molecule has 0 radical (unpaired) electrons. The predicted molar refractivity (Wildman–Crippen MR) is 114 cm³/mol. The molecule has 2 aromatic carbocycles. The molecule has 0 bridgehead atoms. The molecule has 27 heavy (non-hydrogen) atoms. The number of aryl methyl sites for hydroxylation is 1. The fourth-order valence-corrected chi connectivity index (χ4v) is 3.15. The number of unbranched alkanes of at least 4 members (excludes halogenated alkanes) is 4. The summed E-state index contributed by atoms with van der Waals surface area (Å²) in [6.07, 6.45) is 8.40. The molecule has 1 unspecified atom stereocenters.